The third-order valence-corrected chi connectivity index (χ3v) is 1.88. The summed E-state index contributed by atoms with van der Waals surface area (Å²) < 4.78 is 9.65. The highest BCUT2D eigenvalue weighted by Crippen LogP contribution is 2.08. The average molecular weight is 211 g/mol. The predicted octanol–water partition coefficient (Wildman–Crippen LogP) is 0.482. The van der Waals surface area contributed by atoms with Gasteiger partial charge in [0.15, 0.2) is 6.23 Å². The van der Waals surface area contributed by atoms with Gasteiger partial charge in [-0.3, -0.25) is 4.79 Å². The van der Waals surface area contributed by atoms with Crippen LogP contribution in [0.5, 0.6) is 0 Å². The van der Waals surface area contributed by atoms with Crippen LogP contribution in [0.25, 0.3) is 0 Å². The van der Waals surface area contributed by atoms with Crippen LogP contribution in [0, 0.1) is 0 Å². The molecule has 1 amide bonds. The van der Waals surface area contributed by atoms with E-state index in [1.54, 1.807) is 0 Å². The number of ether oxygens (including phenoxy) is 2. The molecule has 1 atom stereocenters. The van der Waals surface area contributed by atoms with Gasteiger partial charge in [0.1, 0.15) is 5.76 Å². The molecule has 0 aromatic heterocycles. The monoisotopic (exact) mass is 211 g/mol. The summed E-state index contributed by atoms with van der Waals surface area (Å²) in [5.41, 5.74) is 0. The fourth-order valence-electron chi connectivity index (χ4n) is 1.08. The molecule has 1 aliphatic heterocycles. The van der Waals surface area contributed by atoms with Crippen LogP contribution in [0.4, 0.5) is 0 Å². The number of amides is 1. The summed E-state index contributed by atoms with van der Waals surface area (Å²) in [5.74, 6) is -0.263. The first kappa shape index (κ1) is 11.3. The summed E-state index contributed by atoms with van der Waals surface area (Å²) in [6.45, 7) is 3.50. The molecule has 5 nitrogen and oxygen atoms in total. The number of rotatable bonds is 4. The summed E-state index contributed by atoms with van der Waals surface area (Å²) in [6, 6.07) is 0. The van der Waals surface area contributed by atoms with Crippen molar-refractivity contribution in [3.8, 4) is 0 Å². The van der Waals surface area contributed by atoms with E-state index in [0.29, 0.717) is 18.6 Å². The highest BCUT2D eigenvalue weighted by atomic mass is 16.6. The summed E-state index contributed by atoms with van der Waals surface area (Å²) in [5, 5.41) is 2.52. The van der Waals surface area contributed by atoms with Gasteiger partial charge in [-0.1, -0.05) is 6.58 Å². The summed E-state index contributed by atoms with van der Waals surface area (Å²) in [4.78, 5) is 22.0. The number of methoxy groups -OCH3 is 1. The second-order valence-electron chi connectivity index (χ2n) is 3.04. The fraction of sp³-hybridized carbons (Fsp3) is 0.400. The average Bonchev–Trinajstić information content (AvgIpc) is 2.60. The Balaban J connectivity index is 2.33. The predicted molar refractivity (Wildman–Crippen MR) is 52.5 cm³/mol. The molecule has 1 N–H and O–H groups in total. The van der Waals surface area contributed by atoms with Gasteiger partial charge in [-0.05, 0) is 6.08 Å². The van der Waals surface area contributed by atoms with Crippen LogP contribution < -0.4 is 5.32 Å². The molecule has 1 rings (SSSR count). The molecule has 82 valence electrons. The maximum atomic E-state index is 11.2. The van der Waals surface area contributed by atoms with Crippen molar-refractivity contribution < 1.29 is 19.1 Å². The number of allylic oxidation sites excluding steroid dienone is 1. The number of nitrogens with one attached hydrogen (secondary N) is 1. The van der Waals surface area contributed by atoms with Crippen LogP contribution in [0.1, 0.15) is 12.8 Å². The summed E-state index contributed by atoms with van der Waals surface area (Å²) >= 11 is 0. The van der Waals surface area contributed by atoms with Crippen LogP contribution in [-0.4, -0.2) is 25.2 Å². The van der Waals surface area contributed by atoms with Crippen LogP contribution >= 0.6 is 0 Å². The molecule has 1 aliphatic rings. The van der Waals surface area contributed by atoms with E-state index < -0.39 is 12.2 Å². The Kier molecular flexibility index (Phi) is 3.91. The summed E-state index contributed by atoms with van der Waals surface area (Å²) in [6.07, 6.45) is 3.01. The Hall–Kier alpha value is -1.78. The molecule has 5 heteroatoms. The van der Waals surface area contributed by atoms with Gasteiger partial charge < -0.3 is 14.8 Å². The largest absolute Gasteiger partial charge is 0.497 e. The van der Waals surface area contributed by atoms with Gasteiger partial charge in [-0.15, -0.1) is 0 Å². The van der Waals surface area contributed by atoms with E-state index in [2.05, 4.69) is 11.9 Å². The molecule has 0 saturated carbocycles. The zero-order valence-electron chi connectivity index (χ0n) is 8.49. The van der Waals surface area contributed by atoms with E-state index in [1.807, 2.05) is 0 Å². The second-order valence-corrected chi connectivity index (χ2v) is 3.04. The van der Waals surface area contributed by atoms with E-state index in [1.165, 1.54) is 19.3 Å². The third-order valence-electron chi connectivity index (χ3n) is 1.88. The van der Waals surface area contributed by atoms with Gasteiger partial charge in [0.05, 0.1) is 7.11 Å². The van der Waals surface area contributed by atoms with Crippen molar-refractivity contribution in [3.63, 3.8) is 0 Å². The Morgan fingerprint density at radius 3 is 2.87 bits per heavy atom. The van der Waals surface area contributed by atoms with Gasteiger partial charge in [-0.2, -0.15) is 0 Å². The van der Waals surface area contributed by atoms with Gasteiger partial charge in [-0.25, -0.2) is 4.79 Å². The van der Waals surface area contributed by atoms with E-state index in [-0.39, 0.29) is 5.91 Å². The molecule has 0 spiro atoms. The lowest BCUT2D eigenvalue weighted by molar-refractivity contribution is -0.144. The van der Waals surface area contributed by atoms with E-state index in [0.717, 1.165) is 0 Å². The molecule has 0 aromatic carbocycles. The highest BCUT2D eigenvalue weighted by molar-refractivity contribution is 5.83. The quantitative estimate of drug-likeness (QED) is 0.318. The lowest BCUT2D eigenvalue weighted by Gasteiger charge is -2.09. The van der Waals surface area contributed by atoms with E-state index in [9.17, 15) is 9.59 Å². The van der Waals surface area contributed by atoms with Crippen LogP contribution in [-0.2, 0) is 19.1 Å². The third kappa shape index (κ3) is 3.84. The molecule has 0 radical (unpaired) electrons. The smallest absolute Gasteiger partial charge is 0.332 e. The minimum atomic E-state index is -0.527. The lowest BCUT2D eigenvalue weighted by atomic mass is 10.3. The zero-order valence-corrected chi connectivity index (χ0v) is 8.49. The molecule has 1 saturated heterocycles. The first-order valence-electron chi connectivity index (χ1n) is 4.53. The maximum Gasteiger partial charge on any atom is 0.332 e. The number of carbonyl (C=O) groups excluding carboxylic acids is 2. The molecule has 1 heterocycles. The Labute approximate surface area is 87.7 Å². The molecule has 0 unspecified atom stereocenters. The van der Waals surface area contributed by atoms with Crippen molar-refractivity contribution in [2.75, 3.05) is 7.11 Å². The van der Waals surface area contributed by atoms with Gasteiger partial charge in [0, 0.05) is 18.9 Å². The standard InChI is InChI=1S/C10H13NO4/c1-7(14-2)3-6-10(13)15-9-5-4-8(12)11-9/h3,6,9H,1,4-5H2,2H3,(H,11,12)/b6-3+/t9-/m0/s1. The number of esters is 1. The van der Waals surface area contributed by atoms with Crippen LogP contribution in [0.3, 0.4) is 0 Å². The Bertz CT molecular complexity index is 309. The minimum absolute atomic E-state index is 0.0990. The summed E-state index contributed by atoms with van der Waals surface area (Å²) in [7, 11) is 1.45. The topological polar surface area (TPSA) is 64.6 Å². The molecule has 1 fully saturated rings. The highest BCUT2D eigenvalue weighted by Gasteiger charge is 2.23. The van der Waals surface area contributed by atoms with E-state index in [4.69, 9.17) is 9.47 Å². The molecular weight excluding hydrogens is 198 g/mol. The van der Waals surface area contributed by atoms with Gasteiger partial charge in [0.25, 0.3) is 0 Å². The van der Waals surface area contributed by atoms with Crippen LogP contribution in [0.2, 0.25) is 0 Å². The number of hydrogen-bond donors (Lipinski definition) is 1. The molecule has 15 heavy (non-hydrogen) atoms. The second kappa shape index (κ2) is 5.19. The fourth-order valence-corrected chi connectivity index (χ4v) is 1.08. The van der Waals surface area contributed by atoms with E-state index >= 15 is 0 Å². The van der Waals surface area contributed by atoms with Crippen molar-refractivity contribution in [2.24, 2.45) is 0 Å². The molecule has 0 bridgehead atoms. The van der Waals surface area contributed by atoms with Crippen molar-refractivity contribution in [2.45, 2.75) is 19.1 Å². The first-order chi connectivity index (χ1) is 7.11. The molecule has 0 aromatic rings. The normalized spacial score (nSPS) is 20.1. The van der Waals surface area contributed by atoms with Crippen LogP contribution in [0.15, 0.2) is 24.5 Å². The zero-order chi connectivity index (χ0) is 11.3. The molecular formula is C10H13NO4. The van der Waals surface area contributed by atoms with Gasteiger partial charge >= 0.3 is 5.97 Å². The lowest BCUT2D eigenvalue weighted by Crippen LogP contribution is -2.29. The van der Waals surface area contributed by atoms with Crippen molar-refractivity contribution in [1.82, 2.24) is 5.32 Å². The maximum absolute atomic E-state index is 11.2. The number of carbonyl (C=O) groups is 2. The Morgan fingerprint density at radius 2 is 2.33 bits per heavy atom. The first-order valence-corrected chi connectivity index (χ1v) is 4.53. The van der Waals surface area contributed by atoms with Crippen molar-refractivity contribution in [3.05, 3.63) is 24.5 Å². The SMILES string of the molecule is C=C(/C=C/C(=O)O[C@H]1CCC(=O)N1)OC. The number of hydrogen-bond acceptors (Lipinski definition) is 4. The van der Waals surface area contributed by atoms with Crippen molar-refractivity contribution in [1.29, 1.82) is 0 Å². The van der Waals surface area contributed by atoms with Gasteiger partial charge in [0.2, 0.25) is 5.91 Å². The molecule has 0 aliphatic carbocycles. The minimum Gasteiger partial charge on any atom is -0.497 e. The van der Waals surface area contributed by atoms with Crippen molar-refractivity contribution >= 4 is 11.9 Å². The Morgan fingerprint density at radius 1 is 1.60 bits per heavy atom.